The number of ketones is 1. The van der Waals surface area contributed by atoms with Crippen molar-refractivity contribution < 1.29 is 9.53 Å². The minimum atomic E-state index is -0.0226. The van der Waals surface area contributed by atoms with Gasteiger partial charge in [0.05, 0.1) is 11.3 Å². The normalized spacial score (nSPS) is 16.5. The van der Waals surface area contributed by atoms with Crippen LogP contribution in [0.4, 0.5) is 0 Å². The number of nitrogens with zero attached hydrogens (tertiary/aromatic N) is 2. The van der Waals surface area contributed by atoms with Crippen molar-refractivity contribution >= 4 is 39.3 Å². The van der Waals surface area contributed by atoms with Crippen molar-refractivity contribution in [1.82, 2.24) is 9.59 Å². The van der Waals surface area contributed by atoms with Crippen LogP contribution in [0.5, 0.6) is 5.75 Å². The molecule has 3 rings (SSSR count). The monoisotopic (exact) mass is 322 g/mol. The molecule has 1 aromatic heterocycles. The van der Waals surface area contributed by atoms with Crippen molar-refractivity contribution in [3.8, 4) is 5.75 Å². The van der Waals surface area contributed by atoms with Crippen LogP contribution in [0.1, 0.15) is 16.1 Å². The fraction of sp³-hybridized carbons (Fsp3) is 0.0833. The predicted molar refractivity (Wildman–Crippen MR) is 71.9 cm³/mol. The fourth-order valence-corrected chi connectivity index (χ4v) is 2.49. The fourth-order valence-electron chi connectivity index (χ4n) is 1.72. The topological polar surface area (TPSA) is 52.1 Å². The highest BCUT2D eigenvalue weighted by Gasteiger charge is 2.23. The molecule has 1 aromatic carbocycles. The third-order valence-electron chi connectivity index (χ3n) is 2.56. The van der Waals surface area contributed by atoms with Gasteiger partial charge in [0.2, 0.25) is 0 Å². The van der Waals surface area contributed by atoms with Gasteiger partial charge in [-0.15, -0.1) is 5.10 Å². The van der Waals surface area contributed by atoms with E-state index in [1.54, 1.807) is 23.6 Å². The minimum Gasteiger partial charge on any atom is -0.488 e. The summed E-state index contributed by atoms with van der Waals surface area (Å²) in [7, 11) is 0. The second-order valence-electron chi connectivity index (χ2n) is 3.76. The quantitative estimate of drug-likeness (QED) is 0.757. The molecule has 0 unspecified atom stereocenters. The lowest BCUT2D eigenvalue weighted by molar-refractivity contribution is 0.100. The second-order valence-corrected chi connectivity index (χ2v) is 5.28. The number of benzene rings is 1. The molecule has 0 fully saturated rings. The average Bonchev–Trinajstić information content (AvgIpc) is 2.86. The summed E-state index contributed by atoms with van der Waals surface area (Å²) in [4.78, 5) is 12.3. The van der Waals surface area contributed by atoms with E-state index >= 15 is 0 Å². The largest absolute Gasteiger partial charge is 0.488 e. The molecule has 0 aliphatic carbocycles. The number of ether oxygens (including phenoxy) is 1. The summed E-state index contributed by atoms with van der Waals surface area (Å²) < 4.78 is 10.2. The maximum atomic E-state index is 12.3. The Bertz CT molecular complexity index is 638. The molecule has 0 amide bonds. The van der Waals surface area contributed by atoms with E-state index in [4.69, 9.17) is 4.74 Å². The van der Waals surface area contributed by atoms with Crippen LogP contribution < -0.4 is 4.74 Å². The van der Waals surface area contributed by atoms with E-state index in [0.29, 0.717) is 22.6 Å². The Kier molecular flexibility index (Phi) is 2.97. The second kappa shape index (κ2) is 4.62. The molecule has 6 heteroatoms. The van der Waals surface area contributed by atoms with Gasteiger partial charge in [-0.1, -0.05) is 20.4 Å². The van der Waals surface area contributed by atoms with Crippen molar-refractivity contribution in [3.05, 3.63) is 44.9 Å². The molecule has 4 nitrogen and oxygen atoms in total. The van der Waals surface area contributed by atoms with E-state index in [1.165, 1.54) is 11.5 Å². The molecule has 0 bridgehead atoms. The number of rotatable bonds is 1. The smallest absolute Gasteiger partial charge is 0.196 e. The molecule has 18 heavy (non-hydrogen) atoms. The summed E-state index contributed by atoms with van der Waals surface area (Å²) in [6.45, 7) is 0.269. The first kappa shape index (κ1) is 11.6. The van der Waals surface area contributed by atoms with E-state index in [2.05, 4.69) is 25.5 Å². The predicted octanol–water partition coefficient (Wildman–Crippen LogP) is 2.96. The summed E-state index contributed by atoms with van der Waals surface area (Å²) in [5.41, 5.74) is 1.85. The van der Waals surface area contributed by atoms with E-state index in [1.807, 2.05) is 6.07 Å². The lowest BCUT2D eigenvalue weighted by Gasteiger charge is -2.18. The van der Waals surface area contributed by atoms with Gasteiger partial charge in [-0.3, -0.25) is 4.79 Å². The van der Waals surface area contributed by atoms with E-state index in [-0.39, 0.29) is 12.4 Å². The van der Waals surface area contributed by atoms with Crippen molar-refractivity contribution in [1.29, 1.82) is 0 Å². The Morgan fingerprint density at radius 2 is 2.33 bits per heavy atom. The van der Waals surface area contributed by atoms with Crippen LogP contribution in [0.25, 0.3) is 6.08 Å². The first-order valence-corrected chi connectivity index (χ1v) is 6.81. The zero-order valence-electron chi connectivity index (χ0n) is 9.09. The number of carbonyl (C=O) groups is 1. The molecule has 0 N–H and O–H groups in total. The van der Waals surface area contributed by atoms with Gasteiger partial charge in [-0.2, -0.15) is 0 Å². The highest BCUT2D eigenvalue weighted by Crippen LogP contribution is 2.30. The molecule has 0 atom stereocenters. The van der Waals surface area contributed by atoms with Crippen LogP contribution in [-0.2, 0) is 0 Å². The molecule has 0 radical (unpaired) electrons. The van der Waals surface area contributed by atoms with Crippen LogP contribution in [0.3, 0.4) is 0 Å². The maximum absolute atomic E-state index is 12.3. The number of aromatic nitrogens is 2. The number of hydrogen-bond acceptors (Lipinski definition) is 5. The zero-order valence-corrected chi connectivity index (χ0v) is 11.5. The number of fused-ring (bicyclic) bond motifs is 1. The SMILES string of the molecule is O=C1/C(=C/c2csnn2)COc2ccc(Br)cc21. The van der Waals surface area contributed by atoms with Gasteiger partial charge >= 0.3 is 0 Å². The van der Waals surface area contributed by atoms with E-state index in [9.17, 15) is 4.79 Å². The van der Waals surface area contributed by atoms with E-state index < -0.39 is 0 Å². The van der Waals surface area contributed by atoms with Crippen LogP contribution in [0.2, 0.25) is 0 Å². The van der Waals surface area contributed by atoms with Gasteiger partial charge < -0.3 is 4.74 Å². The minimum absolute atomic E-state index is 0.0226. The van der Waals surface area contributed by atoms with Gasteiger partial charge in [0, 0.05) is 15.4 Å². The standard InChI is InChI=1S/C12H7BrN2O2S/c13-8-1-2-11-10(4-8)12(16)7(5-17-11)3-9-6-18-15-14-9/h1-4,6H,5H2/b7-3+. The summed E-state index contributed by atoms with van der Waals surface area (Å²) in [5, 5.41) is 5.68. The van der Waals surface area contributed by atoms with Gasteiger partial charge in [0.25, 0.3) is 0 Å². The molecule has 0 spiro atoms. The van der Waals surface area contributed by atoms with Crippen LogP contribution >= 0.6 is 27.5 Å². The molecule has 2 aromatic rings. The van der Waals surface area contributed by atoms with Crippen molar-refractivity contribution in [2.45, 2.75) is 0 Å². The van der Waals surface area contributed by atoms with Crippen molar-refractivity contribution in [2.75, 3.05) is 6.61 Å². The molecule has 90 valence electrons. The van der Waals surface area contributed by atoms with Crippen molar-refractivity contribution in [3.63, 3.8) is 0 Å². The summed E-state index contributed by atoms with van der Waals surface area (Å²) in [5.74, 6) is 0.599. The van der Waals surface area contributed by atoms with Gasteiger partial charge in [-0.25, -0.2) is 0 Å². The third kappa shape index (κ3) is 2.09. The molecule has 1 aliphatic rings. The summed E-state index contributed by atoms with van der Waals surface area (Å²) >= 11 is 4.60. The zero-order chi connectivity index (χ0) is 12.5. The summed E-state index contributed by atoms with van der Waals surface area (Å²) in [6.07, 6.45) is 1.72. The maximum Gasteiger partial charge on any atom is 0.196 e. The Balaban J connectivity index is 2.01. The molecule has 2 heterocycles. The Hall–Kier alpha value is -1.53. The van der Waals surface area contributed by atoms with Crippen LogP contribution in [0.15, 0.2) is 33.6 Å². The lowest BCUT2D eigenvalue weighted by atomic mass is 10.00. The Morgan fingerprint density at radius 3 is 3.11 bits per heavy atom. The Morgan fingerprint density at radius 1 is 1.44 bits per heavy atom. The third-order valence-corrected chi connectivity index (χ3v) is 3.58. The number of Topliss-reactive ketones (excluding diaryl/α,β-unsaturated/α-hetero) is 1. The highest BCUT2D eigenvalue weighted by atomic mass is 79.9. The summed E-state index contributed by atoms with van der Waals surface area (Å²) in [6, 6.07) is 5.41. The highest BCUT2D eigenvalue weighted by molar-refractivity contribution is 9.10. The average molecular weight is 323 g/mol. The lowest BCUT2D eigenvalue weighted by Crippen LogP contribution is -2.19. The van der Waals surface area contributed by atoms with Crippen molar-refractivity contribution in [2.24, 2.45) is 0 Å². The van der Waals surface area contributed by atoms with Crippen LogP contribution in [0, 0.1) is 0 Å². The number of carbonyl (C=O) groups excluding carboxylic acids is 1. The molecule has 0 saturated carbocycles. The molecule has 0 saturated heterocycles. The number of hydrogen-bond donors (Lipinski definition) is 0. The van der Waals surface area contributed by atoms with Gasteiger partial charge in [0.1, 0.15) is 12.4 Å². The van der Waals surface area contributed by atoms with Gasteiger partial charge in [-0.05, 0) is 35.8 Å². The van der Waals surface area contributed by atoms with E-state index in [0.717, 1.165) is 4.47 Å². The first-order valence-electron chi connectivity index (χ1n) is 5.19. The molecule has 1 aliphatic heterocycles. The molecular weight excluding hydrogens is 316 g/mol. The van der Waals surface area contributed by atoms with Gasteiger partial charge in [0.15, 0.2) is 5.78 Å². The Labute approximate surface area is 116 Å². The number of halogens is 1. The first-order chi connectivity index (χ1) is 8.74. The molecular formula is C12H7BrN2O2S. The van der Waals surface area contributed by atoms with Crippen LogP contribution in [-0.4, -0.2) is 22.0 Å².